The van der Waals surface area contributed by atoms with Crippen LogP contribution in [0.5, 0.6) is 0 Å². The van der Waals surface area contributed by atoms with Gasteiger partial charge in [-0.05, 0) is 24.8 Å². The number of piperidine rings is 1. The molecule has 8 nitrogen and oxygen atoms in total. The number of rotatable bonds is 6. The number of ether oxygens (including phenoxy) is 1. The van der Waals surface area contributed by atoms with Crippen LogP contribution in [0.1, 0.15) is 48.5 Å². The molecule has 1 aliphatic rings. The molecule has 0 bridgehead atoms. The van der Waals surface area contributed by atoms with Gasteiger partial charge in [0.05, 0.1) is 11.5 Å². The van der Waals surface area contributed by atoms with Crippen molar-refractivity contribution in [2.45, 2.75) is 32.6 Å². The van der Waals surface area contributed by atoms with Gasteiger partial charge in [-0.2, -0.15) is 0 Å². The first kappa shape index (κ1) is 19.8. The van der Waals surface area contributed by atoms with Gasteiger partial charge in [0.1, 0.15) is 5.41 Å². The van der Waals surface area contributed by atoms with E-state index < -0.39 is 22.2 Å². The molecule has 0 saturated carbocycles. The molecule has 0 aromatic heterocycles. The summed E-state index contributed by atoms with van der Waals surface area (Å²) < 4.78 is 5.06. The molecule has 142 valence electrons. The largest absolute Gasteiger partial charge is 0.481 e. The van der Waals surface area contributed by atoms with E-state index in [0.717, 1.165) is 0 Å². The number of methoxy groups -OCH3 is 1. The van der Waals surface area contributed by atoms with E-state index in [1.165, 1.54) is 18.1 Å². The Morgan fingerprint density at radius 2 is 2.12 bits per heavy atom. The lowest BCUT2D eigenvalue weighted by atomic mass is 9.80. The molecule has 1 amide bonds. The van der Waals surface area contributed by atoms with Crippen LogP contribution in [0.2, 0.25) is 0 Å². The van der Waals surface area contributed by atoms with Crippen LogP contribution >= 0.6 is 0 Å². The van der Waals surface area contributed by atoms with E-state index in [1.807, 2.05) is 13.8 Å². The number of carboxylic acids is 1. The highest BCUT2D eigenvalue weighted by Crippen LogP contribution is 2.33. The Labute approximate surface area is 151 Å². The molecule has 1 N–H and O–H groups in total. The lowest BCUT2D eigenvalue weighted by Crippen LogP contribution is -2.52. The van der Waals surface area contributed by atoms with Crippen LogP contribution in [0.3, 0.4) is 0 Å². The van der Waals surface area contributed by atoms with E-state index in [4.69, 9.17) is 4.74 Å². The molecular formula is C18H24N2O6. The first-order chi connectivity index (χ1) is 12.2. The molecule has 1 fully saturated rings. The van der Waals surface area contributed by atoms with Crippen LogP contribution < -0.4 is 0 Å². The Morgan fingerprint density at radius 1 is 1.42 bits per heavy atom. The maximum absolute atomic E-state index is 12.8. The van der Waals surface area contributed by atoms with Crippen molar-refractivity contribution in [2.75, 3.05) is 26.8 Å². The van der Waals surface area contributed by atoms with Crippen LogP contribution in [-0.4, -0.2) is 53.6 Å². The van der Waals surface area contributed by atoms with E-state index in [2.05, 4.69) is 0 Å². The molecule has 1 aliphatic heterocycles. The first-order valence-electron chi connectivity index (χ1n) is 8.52. The third-order valence-corrected chi connectivity index (χ3v) is 4.83. The summed E-state index contributed by atoms with van der Waals surface area (Å²) in [6.07, 6.45) is 0.958. The number of carbonyl (C=O) groups excluding carboxylic acids is 1. The molecule has 26 heavy (non-hydrogen) atoms. The van der Waals surface area contributed by atoms with Crippen molar-refractivity contribution < 1.29 is 24.4 Å². The minimum absolute atomic E-state index is 0.0124. The van der Waals surface area contributed by atoms with Crippen molar-refractivity contribution in [3.63, 3.8) is 0 Å². The maximum Gasteiger partial charge on any atom is 0.313 e. The smallest absolute Gasteiger partial charge is 0.313 e. The summed E-state index contributed by atoms with van der Waals surface area (Å²) in [4.78, 5) is 36.9. The van der Waals surface area contributed by atoms with E-state index in [-0.39, 0.29) is 30.3 Å². The van der Waals surface area contributed by atoms with Gasteiger partial charge in [0.15, 0.2) is 0 Å². The summed E-state index contributed by atoms with van der Waals surface area (Å²) in [6.45, 7) is 4.14. The van der Waals surface area contributed by atoms with Gasteiger partial charge in [0.25, 0.3) is 11.6 Å². The third kappa shape index (κ3) is 3.85. The van der Waals surface area contributed by atoms with Crippen LogP contribution in [0, 0.1) is 15.5 Å². The standard InChI is InChI=1S/C18H24N2O6/c1-12(2)14-6-5-13(9-15(14)20(24)25)16(21)19-8-4-7-18(10-19,11-26-3)17(22)23/h5-6,9,12H,4,7-8,10-11H2,1-3H3,(H,22,23). The number of hydrogen-bond acceptors (Lipinski definition) is 5. The van der Waals surface area contributed by atoms with Crippen molar-refractivity contribution in [1.29, 1.82) is 0 Å². The molecule has 1 unspecified atom stereocenters. The average molecular weight is 364 g/mol. The number of nitro benzene ring substituents is 1. The highest BCUT2D eigenvalue weighted by Gasteiger charge is 2.44. The number of likely N-dealkylation sites (tertiary alicyclic amines) is 1. The second-order valence-corrected chi connectivity index (χ2v) is 7.03. The van der Waals surface area contributed by atoms with Gasteiger partial charge in [-0.3, -0.25) is 19.7 Å². The van der Waals surface area contributed by atoms with Gasteiger partial charge in [0, 0.05) is 37.4 Å². The van der Waals surface area contributed by atoms with Crippen LogP contribution in [0.4, 0.5) is 5.69 Å². The van der Waals surface area contributed by atoms with E-state index in [9.17, 15) is 24.8 Å². The monoisotopic (exact) mass is 364 g/mol. The second-order valence-electron chi connectivity index (χ2n) is 7.03. The summed E-state index contributed by atoms with van der Waals surface area (Å²) >= 11 is 0. The van der Waals surface area contributed by atoms with Crippen molar-refractivity contribution in [3.05, 3.63) is 39.4 Å². The Hall–Kier alpha value is -2.48. The molecule has 0 spiro atoms. The quantitative estimate of drug-likeness (QED) is 0.614. The zero-order valence-electron chi connectivity index (χ0n) is 15.2. The molecule has 8 heteroatoms. The van der Waals surface area contributed by atoms with Crippen LogP contribution in [0.15, 0.2) is 18.2 Å². The van der Waals surface area contributed by atoms with E-state index >= 15 is 0 Å². The fraction of sp³-hybridized carbons (Fsp3) is 0.556. The number of aliphatic carboxylic acids is 1. The molecule has 2 rings (SSSR count). The highest BCUT2D eigenvalue weighted by molar-refractivity contribution is 5.95. The molecule has 0 radical (unpaired) electrons. The molecule has 1 aromatic carbocycles. The number of nitrogens with zero attached hydrogens (tertiary/aromatic N) is 2. The number of hydrogen-bond donors (Lipinski definition) is 1. The van der Waals surface area contributed by atoms with Gasteiger partial charge in [-0.1, -0.05) is 19.9 Å². The Morgan fingerprint density at radius 3 is 2.65 bits per heavy atom. The second kappa shape index (κ2) is 7.82. The van der Waals surface area contributed by atoms with Crippen LogP contribution in [-0.2, 0) is 9.53 Å². The first-order valence-corrected chi connectivity index (χ1v) is 8.52. The number of amides is 1. The van der Waals surface area contributed by atoms with Crippen molar-refractivity contribution in [3.8, 4) is 0 Å². The summed E-state index contributed by atoms with van der Waals surface area (Å²) in [5, 5.41) is 20.9. The van der Waals surface area contributed by atoms with Gasteiger partial charge in [-0.15, -0.1) is 0 Å². The zero-order valence-corrected chi connectivity index (χ0v) is 15.2. The van der Waals surface area contributed by atoms with Gasteiger partial charge in [0.2, 0.25) is 0 Å². The summed E-state index contributed by atoms with van der Waals surface area (Å²) in [5.74, 6) is -1.45. The van der Waals surface area contributed by atoms with Crippen molar-refractivity contribution in [2.24, 2.45) is 5.41 Å². The minimum Gasteiger partial charge on any atom is -0.481 e. The number of nitro groups is 1. The molecular weight excluding hydrogens is 340 g/mol. The van der Waals surface area contributed by atoms with Crippen LogP contribution in [0.25, 0.3) is 0 Å². The fourth-order valence-electron chi connectivity index (χ4n) is 3.44. The van der Waals surface area contributed by atoms with Crippen molar-refractivity contribution >= 4 is 17.6 Å². The lowest BCUT2D eigenvalue weighted by molar-refractivity contribution is -0.385. The summed E-state index contributed by atoms with van der Waals surface area (Å²) in [7, 11) is 1.43. The molecule has 1 atom stereocenters. The number of carboxylic acid groups (broad SMARTS) is 1. The Kier molecular flexibility index (Phi) is 5.97. The molecule has 1 aromatic rings. The SMILES string of the molecule is COCC1(C(=O)O)CCCN(C(=O)c2ccc(C(C)C)c([N+](=O)[O-])c2)C1. The average Bonchev–Trinajstić information content (AvgIpc) is 2.60. The number of carbonyl (C=O) groups is 2. The topological polar surface area (TPSA) is 110 Å². The van der Waals surface area contributed by atoms with E-state index in [1.54, 1.807) is 12.1 Å². The predicted molar refractivity (Wildman–Crippen MR) is 94.3 cm³/mol. The number of benzene rings is 1. The third-order valence-electron chi connectivity index (χ3n) is 4.83. The van der Waals surface area contributed by atoms with Gasteiger partial charge >= 0.3 is 5.97 Å². The normalized spacial score (nSPS) is 20.2. The highest BCUT2D eigenvalue weighted by atomic mass is 16.6. The molecule has 1 saturated heterocycles. The molecule has 0 aliphatic carbocycles. The fourth-order valence-corrected chi connectivity index (χ4v) is 3.44. The lowest BCUT2D eigenvalue weighted by Gasteiger charge is -2.39. The van der Waals surface area contributed by atoms with Gasteiger partial charge < -0.3 is 14.7 Å². The predicted octanol–water partition coefficient (Wildman–Crippen LogP) is 2.67. The zero-order chi connectivity index (χ0) is 19.5. The van der Waals surface area contributed by atoms with Crippen molar-refractivity contribution in [1.82, 2.24) is 4.90 Å². The summed E-state index contributed by atoms with van der Waals surface area (Å²) in [6, 6.07) is 4.45. The summed E-state index contributed by atoms with van der Waals surface area (Å²) in [5.41, 5.74) is -0.486. The maximum atomic E-state index is 12.8. The van der Waals surface area contributed by atoms with Gasteiger partial charge in [-0.25, -0.2) is 0 Å². The Balaban J connectivity index is 2.32. The van der Waals surface area contributed by atoms with E-state index in [0.29, 0.717) is 24.9 Å². The molecule has 1 heterocycles. The minimum atomic E-state index is -1.15. The Bertz CT molecular complexity index is 714.